The van der Waals surface area contributed by atoms with Crippen LogP contribution >= 0.6 is 0 Å². The third-order valence-corrected chi connectivity index (χ3v) is 2.18. The second-order valence-corrected chi connectivity index (χ2v) is 3.34. The Kier molecular flexibility index (Phi) is 3.96. The minimum absolute atomic E-state index is 0.115. The molecule has 0 saturated heterocycles. The third-order valence-electron chi connectivity index (χ3n) is 2.18. The van der Waals surface area contributed by atoms with Crippen LogP contribution in [0.15, 0.2) is 11.6 Å². The molecule has 1 heterocycles. The molecule has 1 rings (SSSR count). The van der Waals surface area contributed by atoms with Crippen LogP contribution in [0.25, 0.3) is 0 Å². The molecule has 0 amide bonds. The molecule has 0 spiro atoms. The summed E-state index contributed by atoms with van der Waals surface area (Å²) in [5, 5.41) is 0. The van der Waals surface area contributed by atoms with Gasteiger partial charge in [0.05, 0.1) is 13.2 Å². The topological polar surface area (TPSA) is 29.5 Å². The Morgan fingerprint density at radius 3 is 3.00 bits per heavy atom. The van der Waals surface area contributed by atoms with Gasteiger partial charge in [-0.1, -0.05) is 11.6 Å². The fourth-order valence-corrected chi connectivity index (χ4v) is 1.35. The minimum Gasteiger partial charge on any atom is -0.465 e. The average molecular weight is 183 g/mol. The summed E-state index contributed by atoms with van der Waals surface area (Å²) in [7, 11) is 0. The van der Waals surface area contributed by atoms with Crippen LogP contribution in [0.1, 0.15) is 20.3 Å². The van der Waals surface area contributed by atoms with Gasteiger partial charge in [-0.3, -0.25) is 9.69 Å². The number of hydrogen-bond acceptors (Lipinski definition) is 3. The molecule has 74 valence electrons. The van der Waals surface area contributed by atoms with E-state index in [1.165, 1.54) is 5.57 Å². The molecule has 0 aliphatic carbocycles. The fourth-order valence-electron chi connectivity index (χ4n) is 1.35. The van der Waals surface area contributed by atoms with E-state index in [9.17, 15) is 4.79 Å². The zero-order valence-corrected chi connectivity index (χ0v) is 8.38. The quantitative estimate of drug-likeness (QED) is 0.486. The summed E-state index contributed by atoms with van der Waals surface area (Å²) in [5.41, 5.74) is 1.42. The van der Waals surface area contributed by atoms with Gasteiger partial charge >= 0.3 is 5.97 Å². The van der Waals surface area contributed by atoms with Crippen molar-refractivity contribution >= 4 is 5.97 Å². The van der Waals surface area contributed by atoms with E-state index in [1.807, 2.05) is 6.92 Å². The predicted molar refractivity (Wildman–Crippen MR) is 51.4 cm³/mol. The first-order valence-electron chi connectivity index (χ1n) is 4.76. The van der Waals surface area contributed by atoms with Gasteiger partial charge in [0.15, 0.2) is 0 Å². The molecule has 0 aromatic carbocycles. The maximum Gasteiger partial charge on any atom is 0.320 e. The number of nitrogens with zero attached hydrogens (tertiary/aromatic N) is 1. The predicted octanol–water partition coefficient (Wildman–Crippen LogP) is 1.20. The van der Waals surface area contributed by atoms with E-state index in [0.717, 1.165) is 19.5 Å². The van der Waals surface area contributed by atoms with Crippen molar-refractivity contribution in [1.29, 1.82) is 0 Å². The standard InChI is InChI=1S/C10H17NO2/c1-3-13-10(12)8-11-6-4-9(2)5-7-11/h4H,3,5-8H2,1-2H3. The monoisotopic (exact) mass is 183 g/mol. The van der Waals surface area contributed by atoms with Crippen molar-refractivity contribution in [2.24, 2.45) is 0 Å². The van der Waals surface area contributed by atoms with Crippen LogP contribution in [0.2, 0.25) is 0 Å². The lowest BCUT2D eigenvalue weighted by Crippen LogP contribution is -2.34. The van der Waals surface area contributed by atoms with Crippen LogP contribution < -0.4 is 0 Å². The Morgan fingerprint density at radius 1 is 1.69 bits per heavy atom. The Hall–Kier alpha value is -0.830. The molecular formula is C10H17NO2. The molecule has 0 bridgehead atoms. The van der Waals surface area contributed by atoms with Gasteiger partial charge in [0, 0.05) is 13.1 Å². The molecule has 0 radical (unpaired) electrons. The van der Waals surface area contributed by atoms with E-state index in [1.54, 1.807) is 0 Å². The minimum atomic E-state index is -0.115. The zero-order chi connectivity index (χ0) is 9.68. The molecule has 0 atom stereocenters. The van der Waals surface area contributed by atoms with Gasteiger partial charge in [-0.2, -0.15) is 0 Å². The molecule has 0 unspecified atom stereocenters. The second kappa shape index (κ2) is 5.02. The van der Waals surface area contributed by atoms with Crippen LogP contribution in [0.4, 0.5) is 0 Å². The lowest BCUT2D eigenvalue weighted by molar-refractivity contribution is -0.144. The van der Waals surface area contributed by atoms with Gasteiger partial charge < -0.3 is 4.74 Å². The van der Waals surface area contributed by atoms with E-state index in [-0.39, 0.29) is 5.97 Å². The van der Waals surface area contributed by atoms with E-state index in [2.05, 4.69) is 17.9 Å². The lowest BCUT2D eigenvalue weighted by atomic mass is 10.1. The Morgan fingerprint density at radius 2 is 2.46 bits per heavy atom. The van der Waals surface area contributed by atoms with Crippen molar-refractivity contribution in [2.45, 2.75) is 20.3 Å². The molecule has 0 fully saturated rings. The molecule has 1 aliphatic rings. The number of hydrogen-bond donors (Lipinski definition) is 0. The van der Waals surface area contributed by atoms with Gasteiger partial charge in [0.1, 0.15) is 0 Å². The molecule has 1 aliphatic heterocycles. The Balaban J connectivity index is 2.27. The van der Waals surface area contributed by atoms with Gasteiger partial charge in [0.2, 0.25) is 0 Å². The van der Waals surface area contributed by atoms with E-state index in [0.29, 0.717) is 13.2 Å². The Labute approximate surface area is 79.4 Å². The summed E-state index contributed by atoms with van der Waals surface area (Å²) < 4.78 is 4.87. The van der Waals surface area contributed by atoms with E-state index < -0.39 is 0 Å². The van der Waals surface area contributed by atoms with Crippen molar-refractivity contribution in [3.8, 4) is 0 Å². The molecule has 0 aromatic heterocycles. The first-order valence-corrected chi connectivity index (χ1v) is 4.76. The SMILES string of the molecule is CCOC(=O)CN1CC=C(C)CC1. The first kappa shape index (κ1) is 10.3. The highest BCUT2D eigenvalue weighted by Crippen LogP contribution is 2.08. The number of carbonyl (C=O) groups excluding carboxylic acids is 1. The largest absolute Gasteiger partial charge is 0.465 e. The highest BCUT2D eigenvalue weighted by Gasteiger charge is 2.13. The van der Waals surface area contributed by atoms with Crippen LogP contribution in [0.5, 0.6) is 0 Å². The number of carbonyl (C=O) groups is 1. The van der Waals surface area contributed by atoms with Crippen molar-refractivity contribution in [3.63, 3.8) is 0 Å². The zero-order valence-electron chi connectivity index (χ0n) is 8.38. The summed E-state index contributed by atoms with van der Waals surface area (Å²) in [5.74, 6) is -0.115. The van der Waals surface area contributed by atoms with Crippen LogP contribution in [-0.4, -0.2) is 37.1 Å². The Bertz CT molecular complexity index is 211. The molecule has 0 N–H and O–H groups in total. The lowest BCUT2D eigenvalue weighted by Gasteiger charge is -2.23. The van der Waals surface area contributed by atoms with Crippen molar-refractivity contribution in [2.75, 3.05) is 26.2 Å². The van der Waals surface area contributed by atoms with Gasteiger partial charge in [0.25, 0.3) is 0 Å². The summed E-state index contributed by atoms with van der Waals surface area (Å²) >= 11 is 0. The van der Waals surface area contributed by atoms with E-state index >= 15 is 0 Å². The third kappa shape index (κ3) is 3.59. The van der Waals surface area contributed by atoms with Gasteiger partial charge in [-0.25, -0.2) is 0 Å². The smallest absolute Gasteiger partial charge is 0.320 e. The van der Waals surface area contributed by atoms with Crippen LogP contribution in [0, 0.1) is 0 Å². The summed E-state index contributed by atoms with van der Waals surface area (Å²) in [6.07, 6.45) is 3.24. The van der Waals surface area contributed by atoms with Crippen molar-refractivity contribution < 1.29 is 9.53 Å². The van der Waals surface area contributed by atoms with E-state index in [4.69, 9.17) is 4.74 Å². The fraction of sp³-hybridized carbons (Fsp3) is 0.700. The highest BCUT2D eigenvalue weighted by molar-refractivity contribution is 5.71. The number of ether oxygens (including phenoxy) is 1. The van der Waals surface area contributed by atoms with Gasteiger partial charge in [-0.05, 0) is 20.3 Å². The molecule has 0 saturated carbocycles. The van der Waals surface area contributed by atoms with Crippen molar-refractivity contribution in [3.05, 3.63) is 11.6 Å². The molecular weight excluding hydrogens is 166 g/mol. The van der Waals surface area contributed by atoms with Crippen LogP contribution in [0.3, 0.4) is 0 Å². The normalized spacial score (nSPS) is 18.2. The summed E-state index contributed by atoms with van der Waals surface area (Å²) in [4.78, 5) is 13.2. The average Bonchev–Trinajstić information content (AvgIpc) is 2.09. The number of rotatable bonds is 3. The van der Waals surface area contributed by atoms with Crippen molar-refractivity contribution in [1.82, 2.24) is 4.90 Å². The highest BCUT2D eigenvalue weighted by atomic mass is 16.5. The maximum absolute atomic E-state index is 11.1. The molecule has 0 aromatic rings. The number of esters is 1. The first-order chi connectivity index (χ1) is 6.22. The van der Waals surface area contributed by atoms with Gasteiger partial charge in [-0.15, -0.1) is 0 Å². The molecule has 13 heavy (non-hydrogen) atoms. The maximum atomic E-state index is 11.1. The second-order valence-electron chi connectivity index (χ2n) is 3.34. The summed E-state index contributed by atoms with van der Waals surface area (Å²) in [6, 6.07) is 0. The molecule has 3 nitrogen and oxygen atoms in total. The molecule has 3 heteroatoms. The van der Waals surface area contributed by atoms with Crippen LogP contribution in [-0.2, 0) is 9.53 Å². The summed E-state index contributed by atoms with van der Waals surface area (Å²) in [6.45, 7) is 6.71.